The molecule has 7 heteroatoms. The second-order valence-corrected chi connectivity index (χ2v) is 8.96. The van der Waals surface area contributed by atoms with E-state index in [9.17, 15) is 9.59 Å². The van der Waals surface area contributed by atoms with Gasteiger partial charge in [0, 0.05) is 24.3 Å². The second kappa shape index (κ2) is 8.07. The van der Waals surface area contributed by atoms with E-state index in [4.69, 9.17) is 4.84 Å². The Hall–Kier alpha value is -3.16. The van der Waals surface area contributed by atoms with Crippen molar-refractivity contribution >= 4 is 44.8 Å². The summed E-state index contributed by atoms with van der Waals surface area (Å²) in [4.78, 5) is 36.5. The summed E-state index contributed by atoms with van der Waals surface area (Å²) in [6.45, 7) is 0. The summed E-state index contributed by atoms with van der Waals surface area (Å²) < 4.78 is 0.688. The quantitative estimate of drug-likeness (QED) is 0.500. The van der Waals surface area contributed by atoms with Gasteiger partial charge in [-0.05, 0) is 57.9 Å². The number of carbonyl (C=O) groups is 2. The minimum atomic E-state index is -0.881. The van der Waals surface area contributed by atoms with Gasteiger partial charge in [0.05, 0.1) is 17.4 Å². The summed E-state index contributed by atoms with van der Waals surface area (Å²) in [5.41, 5.74) is 3.31. The normalized spacial score (nSPS) is 22.4. The molecule has 2 saturated heterocycles. The van der Waals surface area contributed by atoms with Crippen LogP contribution in [0.3, 0.4) is 0 Å². The standard InChI is InChI=1S/C25H22BrN3O3/c1-27(2)17-14-12-16(13-15-17)22-21-23(32-29(22)18-8-4-3-5-9-18)25(31)28(24(21)30)20-11-7-6-10-19(20)26/h3-15,21-23H,1-2H3/t21-,22-,23-/m1/s1. The predicted octanol–water partition coefficient (Wildman–Crippen LogP) is 4.57. The van der Waals surface area contributed by atoms with Crippen LogP contribution in [-0.2, 0) is 14.4 Å². The summed E-state index contributed by atoms with van der Waals surface area (Å²) in [6, 6.07) is 24.4. The maximum Gasteiger partial charge on any atom is 0.266 e. The first-order chi connectivity index (χ1) is 15.5. The van der Waals surface area contributed by atoms with Crippen molar-refractivity contribution < 1.29 is 14.4 Å². The monoisotopic (exact) mass is 491 g/mol. The number of fused-ring (bicyclic) bond motifs is 1. The third-order valence-electron chi connectivity index (χ3n) is 5.97. The molecule has 6 nitrogen and oxygen atoms in total. The van der Waals surface area contributed by atoms with Gasteiger partial charge in [-0.15, -0.1) is 0 Å². The van der Waals surface area contributed by atoms with E-state index in [0.29, 0.717) is 10.2 Å². The van der Waals surface area contributed by atoms with Crippen molar-refractivity contribution in [2.75, 3.05) is 29.0 Å². The van der Waals surface area contributed by atoms with Crippen LogP contribution < -0.4 is 14.9 Å². The largest absolute Gasteiger partial charge is 0.378 e. The lowest BCUT2D eigenvalue weighted by Crippen LogP contribution is -2.37. The smallest absolute Gasteiger partial charge is 0.266 e. The second-order valence-electron chi connectivity index (χ2n) is 8.11. The highest BCUT2D eigenvalue weighted by Gasteiger charge is 2.60. The molecule has 2 aliphatic rings. The van der Waals surface area contributed by atoms with Crippen LogP contribution in [0.1, 0.15) is 11.6 Å². The number of rotatable bonds is 4. The topological polar surface area (TPSA) is 53.1 Å². The first kappa shape index (κ1) is 20.7. The molecule has 2 aliphatic heterocycles. The van der Waals surface area contributed by atoms with Crippen LogP contribution in [0.2, 0.25) is 0 Å². The van der Waals surface area contributed by atoms with Crippen LogP contribution in [0.5, 0.6) is 0 Å². The Morgan fingerprint density at radius 3 is 2.16 bits per heavy atom. The number of imide groups is 1. The lowest BCUT2D eigenvalue weighted by molar-refractivity contribution is -0.126. The fourth-order valence-corrected chi connectivity index (χ4v) is 4.85. The SMILES string of the molecule is CN(C)c1ccc([C@@H]2[C@H]3C(=O)N(c4ccccc4Br)C(=O)[C@@H]3ON2c2ccccc2)cc1. The van der Waals surface area contributed by atoms with Crippen molar-refractivity contribution in [2.24, 2.45) is 5.92 Å². The van der Waals surface area contributed by atoms with Gasteiger partial charge in [-0.1, -0.05) is 42.5 Å². The van der Waals surface area contributed by atoms with Crippen molar-refractivity contribution in [1.29, 1.82) is 0 Å². The molecule has 0 N–H and O–H groups in total. The summed E-state index contributed by atoms with van der Waals surface area (Å²) in [7, 11) is 3.96. The molecule has 3 atom stereocenters. The zero-order valence-electron chi connectivity index (χ0n) is 17.7. The van der Waals surface area contributed by atoms with Gasteiger partial charge in [0.1, 0.15) is 5.92 Å². The molecule has 0 bridgehead atoms. The fourth-order valence-electron chi connectivity index (χ4n) is 4.39. The van der Waals surface area contributed by atoms with Crippen molar-refractivity contribution in [3.8, 4) is 0 Å². The maximum absolute atomic E-state index is 13.7. The Bertz CT molecular complexity index is 1170. The van der Waals surface area contributed by atoms with Gasteiger partial charge in [0.15, 0.2) is 6.10 Å². The van der Waals surface area contributed by atoms with E-state index in [0.717, 1.165) is 16.9 Å². The molecule has 3 aromatic rings. The number of nitrogens with zero attached hydrogens (tertiary/aromatic N) is 3. The van der Waals surface area contributed by atoms with E-state index >= 15 is 0 Å². The van der Waals surface area contributed by atoms with Crippen LogP contribution >= 0.6 is 15.9 Å². The van der Waals surface area contributed by atoms with Gasteiger partial charge >= 0.3 is 0 Å². The fraction of sp³-hybridized carbons (Fsp3) is 0.200. The molecule has 0 aliphatic carbocycles. The molecule has 2 amide bonds. The van der Waals surface area contributed by atoms with E-state index < -0.39 is 18.1 Å². The number of anilines is 3. The highest BCUT2D eigenvalue weighted by atomic mass is 79.9. The summed E-state index contributed by atoms with van der Waals surface area (Å²) in [6.07, 6.45) is -0.881. The lowest BCUT2D eigenvalue weighted by Gasteiger charge is -2.29. The summed E-state index contributed by atoms with van der Waals surface area (Å²) in [5.74, 6) is -1.26. The molecule has 0 aromatic heterocycles. The van der Waals surface area contributed by atoms with E-state index in [1.165, 1.54) is 4.90 Å². The van der Waals surface area contributed by atoms with Gasteiger partial charge in [0.25, 0.3) is 5.91 Å². The molecule has 3 aromatic carbocycles. The Kier molecular flexibility index (Phi) is 5.23. The number of hydrogen-bond acceptors (Lipinski definition) is 5. The molecule has 0 saturated carbocycles. The minimum Gasteiger partial charge on any atom is -0.378 e. The molecule has 0 radical (unpaired) electrons. The third kappa shape index (κ3) is 3.29. The Balaban J connectivity index is 1.58. The average Bonchev–Trinajstić information content (AvgIpc) is 3.31. The van der Waals surface area contributed by atoms with Gasteiger partial charge in [-0.3, -0.25) is 14.4 Å². The Morgan fingerprint density at radius 1 is 0.844 bits per heavy atom. The molecule has 0 spiro atoms. The number of benzene rings is 3. The average molecular weight is 492 g/mol. The van der Waals surface area contributed by atoms with Gasteiger partial charge in [0.2, 0.25) is 5.91 Å². The van der Waals surface area contributed by atoms with E-state index in [1.807, 2.05) is 91.8 Å². The van der Waals surface area contributed by atoms with Crippen molar-refractivity contribution in [1.82, 2.24) is 0 Å². The highest BCUT2D eigenvalue weighted by molar-refractivity contribution is 9.10. The Labute approximate surface area is 195 Å². The van der Waals surface area contributed by atoms with Gasteiger partial charge in [-0.25, -0.2) is 9.96 Å². The van der Waals surface area contributed by atoms with Crippen LogP contribution in [-0.4, -0.2) is 32.0 Å². The van der Waals surface area contributed by atoms with Crippen LogP contribution in [0.4, 0.5) is 17.1 Å². The van der Waals surface area contributed by atoms with Crippen LogP contribution in [0, 0.1) is 5.92 Å². The molecule has 0 unspecified atom stereocenters. The first-order valence-electron chi connectivity index (χ1n) is 10.4. The zero-order chi connectivity index (χ0) is 22.4. The summed E-state index contributed by atoms with van der Waals surface area (Å²) >= 11 is 3.47. The number of hydrogen-bond donors (Lipinski definition) is 0. The van der Waals surface area contributed by atoms with Crippen molar-refractivity contribution in [3.63, 3.8) is 0 Å². The van der Waals surface area contributed by atoms with E-state index in [-0.39, 0.29) is 11.8 Å². The van der Waals surface area contributed by atoms with Crippen molar-refractivity contribution in [2.45, 2.75) is 12.1 Å². The predicted molar refractivity (Wildman–Crippen MR) is 127 cm³/mol. The molecule has 162 valence electrons. The third-order valence-corrected chi connectivity index (χ3v) is 6.64. The lowest BCUT2D eigenvalue weighted by atomic mass is 9.90. The molecule has 32 heavy (non-hydrogen) atoms. The summed E-state index contributed by atoms with van der Waals surface area (Å²) in [5, 5.41) is 1.72. The van der Waals surface area contributed by atoms with Crippen LogP contribution in [0.25, 0.3) is 0 Å². The van der Waals surface area contributed by atoms with Crippen molar-refractivity contribution in [3.05, 3.63) is 88.9 Å². The molecule has 5 rings (SSSR count). The van der Waals surface area contributed by atoms with Crippen LogP contribution in [0.15, 0.2) is 83.3 Å². The first-order valence-corrected chi connectivity index (χ1v) is 11.2. The minimum absolute atomic E-state index is 0.257. The van der Waals surface area contributed by atoms with E-state index in [1.54, 1.807) is 11.1 Å². The number of halogens is 1. The van der Waals surface area contributed by atoms with Gasteiger partial charge in [-0.2, -0.15) is 0 Å². The molecule has 2 fully saturated rings. The van der Waals surface area contributed by atoms with E-state index in [2.05, 4.69) is 15.9 Å². The number of carbonyl (C=O) groups excluding carboxylic acids is 2. The number of hydroxylamine groups is 1. The molecular formula is C25H22BrN3O3. The Morgan fingerprint density at radius 2 is 1.50 bits per heavy atom. The highest BCUT2D eigenvalue weighted by Crippen LogP contribution is 2.48. The molecular weight excluding hydrogens is 470 g/mol. The molecule has 2 heterocycles. The maximum atomic E-state index is 13.7. The number of para-hydroxylation sites is 2. The zero-order valence-corrected chi connectivity index (χ0v) is 19.3. The van der Waals surface area contributed by atoms with Gasteiger partial charge < -0.3 is 4.90 Å². The number of amides is 2.